The van der Waals surface area contributed by atoms with E-state index in [2.05, 4.69) is 10.0 Å². The fourth-order valence-corrected chi connectivity index (χ4v) is 4.30. The summed E-state index contributed by atoms with van der Waals surface area (Å²) < 4.78 is 31.3. The predicted molar refractivity (Wildman–Crippen MR) is 82.6 cm³/mol. The van der Waals surface area contributed by atoms with Crippen molar-refractivity contribution < 1.29 is 27.9 Å². The van der Waals surface area contributed by atoms with Gasteiger partial charge < -0.3 is 15.2 Å². The molecule has 0 aliphatic carbocycles. The first-order valence-electron chi connectivity index (χ1n) is 7.03. The average molecular weight is 362 g/mol. The molecule has 0 aromatic carbocycles. The molecule has 2 atom stereocenters. The van der Waals surface area contributed by atoms with Crippen molar-refractivity contribution in [3.63, 3.8) is 0 Å². The predicted octanol–water partition coefficient (Wildman–Crippen LogP) is 0.0224. The van der Waals surface area contributed by atoms with Crippen molar-refractivity contribution in [1.82, 2.24) is 10.0 Å². The summed E-state index contributed by atoms with van der Waals surface area (Å²) in [5.74, 6) is -2.17. The summed E-state index contributed by atoms with van der Waals surface area (Å²) in [6.45, 7) is 0.327. The molecule has 1 aliphatic heterocycles. The molecule has 1 aromatic heterocycles. The second kappa shape index (κ2) is 7.86. The average Bonchev–Trinajstić information content (AvgIpc) is 3.06. The number of carboxylic acid groups (broad SMARTS) is 1. The lowest BCUT2D eigenvalue weighted by molar-refractivity contribution is -0.145. The van der Waals surface area contributed by atoms with E-state index in [1.807, 2.05) is 0 Å². The van der Waals surface area contributed by atoms with E-state index in [-0.39, 0.29) is 16.7 Å². The molecule has 10 heteroatoms. The number of amides is 1. The number of carbonyl (C=O) groups excluding carboxylic acids is 1. The number of carboxylic acids is 1. The summed E-state index contributed by atoms with van der Waals surface area (Å²) >= 11 is 1.03. The number of nitrogens with one attached hydrogen (secondary N) is 2. The van der Waals surface area contributed by atoms with Crippen molar-refractivity contribution in [3.05, 3.63) is 17.5 Å². The Labute approximate surface area is 137 Å². The van der Waals surface area contributed by atoms with Gasteiger partial charge in [0, 0.05) is 12.5 Å². The Morgan fingerprint density at radius 2 is 2.26 bits per heavy atom. The van der Waals surface area contributed by atoms with Crippen LogP contribution < -0.4 is 10.0 Å². The zero-order chi connectivity index (χ0) is 16.9. The number of hydrogen-bond donors (Lipinski definition) is 3. The van der Waals surface area contributed by atoms with Gasteiger partial charge in [0.1, 0.15) is 10.3 Å². The normalized spacial score (nSPS) is 19.9. The van der Waals surface area contributed by atoms with Crippen LogP contribution in [-0.2, 0) is 24.3 Å². The lowest BCUT2D eigenvalue weighted by Gasteiger charge is -2.28. The quantitative estimate of drug-likeness (QED) is 0.629. The summed E-state index contributed by atoms with van der Waals surface area (Å²) in [5, 5.41) is 13.2. The highest BCUT2D eigenvalue weighted by molar-refractivity contribution is 7.91. The van der Waals surface area contributed by atoms with Crippen molar-refractivity contribution in [2.24, 2.45) is 5.92 Å². The maximum absolute atomic E-state index is 11.9. The van der Waals surface area contributed by atoms with E-state index in [1.54, 1.807) is 11.4 Å². The molecule has 0 bridgehead atoms. The van der Waals surface area contributed by atoms with Gasteiger partial charge >= 0.3 is 5.97 Å². The summed E-state index contributed by atoms with van der Waals surface area (Å²) in [6, 6.07) is 1.92. The molecular weight excluding hydrogens is 344 g/mol. The van der Waals surface area contributed by atoms with Gasteiger partial charge in [0.25, 0.3) is 10.0 Å². The summed E-state index contributed by atoms with van der Waals surface area (Å²) in [7, 11) is -3.76. The third-order valence-electron chi connectivity index (χ3n) is 3.43. The van der Waals surface area contributed by atoms with Gasteiger partial charge in [-0.2, -0.15) is 0 Å². The van der Waals surface area contributed by atoms with Gasteiger partial charge in [-0.1, -0.05) is 6.07 Å². The minimum absolute atomic E-state index is 0.0979. The van der Waals surface area contributed by atoms with Crippen molar-refractivity contribution in [1.29, 1.82) is 0 Å². The maximum Gasteiger partial charge on any atom is 0.326 e. The van der Waals surface area contributed by atoms with Crippen LogP contribution in [0, 0.1) is 5.92 Å². The highest BCUT2D eigenvalue weighted by atomic mass is 32.2. The van der Waals surface area contributed by atoms with Gasteiger partial charge in [0.2, 0.25) is 5.91 Å². The van der Waals surface area contributed by atoms with Crippen molar-refractivity contribution in [2.75, 3.05) is 19.8 Å². The van der Waals surface area contributed by atoms with Gasteiger partial charge in [-0.15, -0.1) is 11.3 Å². The molecule has 0 radical (unpaired) electrons. The number of sulfonamides is 1. The Hall–Kier alpha value is -1.49. The zero-order valence-electron chi connectivity index (χ0n) is 12.2. The SMILES string of the molecule is O=C(CNS(=O)(=O)c1cccs1)NC(C(=O)O)C1CCCOC1. The van der Waals surface area contributed by atoms with E-state index in [4.69, 9.17) is 4.74 Å². The van der Waals surface area contributed by atoms with Crippen molar-refractivity contribution in [2.45, 2.75) is 23.1 Å². The summed E-state index contributed by atoms with van der Waals surface area (Å²) in [4.78, 5) is 23.2. The van der Waals surface area contributed by atoms with Gasteiger partial charge in [0.15, 0.2) is 0 Å². The molecule has 0 saturated carbocycles. The number of rotatable bonds is 7. The van der Waals surface area contributed by atoms with E-state index in [1.165, 1.54) is 6.07 Å². The van der Waals surface area contributed by atoms with Crippen LogP contribution in [0.4, 0.5) is 0 Å². The number of hydrogen-bond acceptors (Lipinski definition) is 6. The number of ether oxygens (including phenoxy) is 1. The van der Waals surface area contributed by atoms with Crippen LogP contribution in [0.25, 0.3) is 0 Å². The second-order valence-corrected chi connectivity index (χ2v) is 8.06. The molecule has 1 saturated heterocycles. The minimum atomic E-state index is -3.76. The maximum atomic E-state index is 11.9. The number of aliphatic carboxylic acids is 1. The first-order valence-corrected chi connectivity index (χ1v) is 9.39. The molecule has 1 fully saturated rings. The van der Waals surface area contributed by atoms with Crippen LogP contribution in [0.5, 0.6) is 0 Å². The third-order valence-corrected chi connectivity index (χ3v) is 6.23. The van der Waals surface area contributed by atoms with E-state index >= 15 is 0 Å². The Bertz CT molecular complexity index is 637. The van der Waals surface area contributed by atoms with Gasteiger partial charge in [-0.25, -0.2) is 17.9 Å². The minimum Gasteiger partial charge on any atom is -0.480 e. The zero-order valence-corrected chi connectivity index (χ0v) is 13.9. The summed E-state index contributed by atoms with van der Waals surface area (Å²) in [5.41, 5.74) is 0. The lowest BCUT2D eigenvalue weighted by atomic mass is 9.93. The lowest BCUT2D eigenvalue weighted by Crippen LogP contribution is -2.50. The fraction of sp³-hybridized carbons (Fsp3) is 0.538. The van der Waals surface area contributed by atoms with Gasteiger partial charge in [-0.05, 0) is 24.3 Å². The first kappa shape index (κ1) is 17.9. The van der Waals surface area contributed by atoms with Crippen molar-refractivity contribution >= 4 is 33.2 Å². The number of thiophene rings is 1. The van der Waals surface area contributed by atoms with Crippen LogP contribution in [0.1, 0.15) is 12.8 Å². The van der Waals surface area contributed by atoms with E-state index in [0.717, 1.165) is 17.8 Å². The molecule has 3 N–H and O–H groups in total. The van der Waals surface area contributed by atoms with E-state index < -0.39 is 34.5 Å². The monoisotopic (exact) mass is 362 g/mol. The Kier molecular flexibility index (Phi) is 6.10. The Morgan fingerprint density at radius 3 is 2.83 bits per heavy atom. The molecule has 8 nitrogen and oxygen atoms in total. The molecule has 0 spiro atoms. The van der Waals surface area contributed by atoms with Crippen LogP contribution in [0.3, 0.4) is 0 Å². The van der Waals surface area contributed by atoms with Crippen LogP contribution in [0.15, 0.2) is 21.7 Å². The molecule has 1 aromatic rings. The fourth-order valence-electron chi connectivity index (χ4n) is 2.28. The summed E-state index contributed by atoms with van der Waals surface area (Å²) in [6.07, 6.45) is 1.37. The second-order valence-electron chi connectivity index (χ2n) is 5.12. The van der Waals surface area contributed by atoms with Gasteiger partial charge in [0.05, 0.1) is 13.2 Å². The van der Waals surface area contributed by atoms with E-state index in [9.17, 15) is 23.1 Å². The van der Waals surface area contributed by atoms with E-state index in [0.29, 0.717) is 13.0 Å². The van der Waals surface area contributed by atoms with Crippen LogP contribution in [0.2, 0.25) is 0 Å². The standard InChI is InChI=1S/C13H18N2O6S2/c16-10(7-14-23(19,20)11-4-2-6-22-11)15-12(13(17)18)9-3-1-5-21-8-9/h2,4,6,9,12,14H,1,3,5,7-8H2,(H,15,16)(H,17,18). The first-order chi connectivity index (χ1) is 10.9. The largest absolute Gasteiger partial charge is 0.480 e. The third kappa shape index (κ3) is 4.99. The van der Waals surface area contributed by atoms with Crippen molar-refractivity contribution in [3.8, 4) is 0 Å². The molecule has 128 valence electrons. The number of carbonyl (C=O) groups is 2. The molecule has 1 amide bonds. The molecule has 2 rings (SSSR count). The molecule has 2 heterocycles. The highest BCUT2D eigenvalue weighted by Gasteiger charge is 2.31. The molecule has 1 aliphatic rings. The Morgan fingerprint density at radius 1 is 1.48 bits per heavy atom. The smallest absolute Gasteiger partial charge is 0.326 e. The Balaban J connectivity index is 1.90. The molecule has 2 unspecified atom stereocenters. The highest BCUT2D eigenvalue weighted by Crippen LogP contribution is 2.18. The molecular formula is C13H18N2O6S2. The van der Waals surface area contributed by atoms with Crippen LogP contribution in [-0.4, -0.2) is 51.2 Å². The van der Waals surface area contributed by atoms with Crippen LogP contribution >= 0.6 is 11.3 Å². The molecule has 23 heavy (non-hydrogen) atoms. The van der Waals surface area contributed by atoms with Gasteiger partial charge in [-0.3, -0.25) is 4.79 Å². The topological polar surface area (TPSA) is 122 Å².